The van der Waals surface area contributed by atoms with Crippen LogP contribution in [0.3, 0.4) is 0 Å². The number of rotatable bonds is 8. The van der Waals surface area contributed by atoms with Crippen LogP contribution in [0.5, 0.6) is 0 Å². The van der Waals surface area contributed by atoms with Gasteiger partial charge in [0.1, 0.15) is 0 Å². The van der Waals surface area contributed by atoms with E-state index in [4.69, 9.17) is 5.73 Å². The number of amides is 2. The molecular formula is C20H28N4O3S. The molecule has 152 valence electrons. The van der Waals surface area contributed by atoms with Gasteiger partial charge in [-0.3, -0.25) is 4.72 Å². The van der Waals surface area contributed by atoms with E-state index in [1.165, 1.54) is 12.1 Å². The molecular weight excluding hydrogens is 376 g/mol. The molecule has 2 rings (SSSR count). The SMILES string of the molecule is CCCNC(=O)Nc1ccc(S(=O)(=O)Nc2ccc(CC(C)(C)N)cc2)cc1. The molecule has 5 N–H and O–H groups in total. The summed E-state index contributed by atoms with van der Waals surface area (Å²) in [6.45, 7) is 6.41. The molecule has 0 aromatic heterocycles. The number of anilines is 2. The average Bonchev–Trinajstić information content (AvgIpc) is 2.61. The fourth-order valence-corrected chi connectivity index (χ4v) is 3.62. The van der Waals surface area contributed by atoms with Gasteiger partial charge in [0.2, 0.25) is 0 Å². The van der Waals surface area contributed by atoms with Crippen LogP contribution < -0.4 is 21.1 Å². The number of nitrogens with two attached hydrogens (primary N) is 1. The maximum absolute atomic E-state index is 12.6. The molecule has 0 atom stereocenters. The molecule has 2 aromatic carbocycles. The topological polar surface area (TPSA) is 113 Å². The zero-order valence-corrected chi connectivity index (χ0v) is 17.3. The van der Waals surface area contributed by atoms with Crippen molar-refractivity contribution >= 4 is 27.4 Å². The molecule has 0 unspecified atom stereocenters. The fourth-order valence-electron chi connectivity index (χ4n) is 2.56. The lowest BCUT2D eigenvalue weighted by Gasteiger charge is -2.18. The van der Waals surface area contributed by atoms with Crippen molar-refractivity contribution in [3.05, 3.63) is 54.1 Å². The molecule has 0 spiro atoms. The summed E-state index contributed by atoms with van der Waals surface area (Å²) >= 11 is 0. The largest absolute Gasteiger partial charge is 0.338 e. The van der Waals surface area contributed by atoms with Gasteiger partial charge in [0.25, 0.3) is 10.0 Å². The van der Waals surface area contributed by atoms with Gasteiger partial charge in [-0.1, -0.05) is 19.1 Å². The van der Waals surface area contributed by atoms with Crippen LogP contribution in [0.15, 0.2) is 53.4 Å². The molecule has 0 saturated carbocycles. The predicted octanol–water partition coefficient (Wildman–Crippen LogP) is 3.30. The summed E-state index contributed by atoms with van der Waals surface area (Å²) in [6.07, 6.45) is 1.53. The predicted molar refractivity (Wildman–Crippen MR) is 113 cm³/mol. The first-order chi connectivity index (χ1) is 13.1. The zero-order valence-electron chi connectivity index (χ0n) is 16.5. The van der Waals surface area contributed by atoms with Crippen LogP contribution >= 0.6 is 0 Å². The number of carbonyl (C=O) groups excluding carboxylic acids is 1. The van der Waals surface area contributed by atoms with Gasteiger partial charge >= 0.3 is 6.03 Å². The lowest BCUT2D eigenvalue weighted by Crippen LogP contribution is -2.34. The van der Waals surface area contributed by atoms with Crippen molar-refractivity contribution in [3.8, 4) is 0 Å². The Morgan fingerprint density at radius 2 is 1.57 bits per heavy atom. The van der Waals surface area contributed by atoms with Crippen LogP contribution in [0.1, 0.15) is 32.8 Å². The van der Waals surface area contributed by atoms with E-state index in [1.54, 1.807) is 24.3 Å². The lowest BCUT2D eigenvalue weighted by molar-refractivity contribution is 0.252. The Morgan fingerprint density at radius 3 is 2.11 bits per heavy atom. The van der Waals surface area contributed by atoms with E-state index in [0.717, 1.165) is 12.0 Å². The van der Waals surface area contributed by atoms with Gasteiger partial charge in [-0.15, -0.1) is 0 Å². The number of hydrogen-bond donors (Lipinski definition) is 4. The third-order valence-corrected chi connectivity index (χ3v) is 5.22. The quantitative estimate of drug-likeness (QED) is 0.540. The molecule has 0 radical (unpaired) electrons. The highest BCUT2D eigenvalue weighted by Gasteiger charge is 2.15. The standard InChI is InChI=1S/C20H28N4O3S/c1-4-13-22-19(25)23-16-9-11-18(12-10-16)28(26,27)24-17-7-5-15(6-8-17)14-20(2,3)21/h5-12,24H,4,13-14,21H2,1-3H3,(H2,22,23,25). The summed E-state index contributed by atoms with van der Waals surface area (Å²) in [5.41, 5.74) is 7.70. The summed E-state index contributed by atoms with van der Waals surface area (Å²) in [7, 11) is -3.72. The van der Waals surface area contributed by atoms with Crippen LogP contribution in [0.4, 0.5) is 16.2 Å². The molecule has 2 amide bonds. The Kier molecular flexibility index (Phi) is 7.04. The fraction of sp³-hybridized carbons (Fsp3) is 0.350. The Bertz CT molecular complexity index is 887. The summed E-state index contributed by atoms with van der Waals surface area (Å²) in [4.78, 5) is 11.8. The summed E-state index contributed by atoms with van der Waals surface area (Å²) in [6, 6.07) is 12.8. The van der Waals surface area contributed by atoms with Crippen LogP contribution in [-0.2, 0) is 16.4 Å². The molecule has 7 nitrogen and oxygen atoms in total. The average molecular weight is 405 g/mol. The number of hydrogen-bond acceptors (Lipinski definition) is 4. The van der Waals surface area contributed by atoms with Crippen LogP contribution in [0.2, 0.25) is 0 Å². The van der Waals surface area contributed by atoms with Gasteiger partial charge in [-0.25, -0.2) is 13.2 Å². The van der Waals surface area contributed by atoms with Gasteiger partial charge in [-0.2, -0.15) is 0 Å². The third-order valence-electron chi connectivity index (χ3n) is 3.82. The molecule has 0 fully saturated rings. The second-order valence-corrected chi connectivity index (χ2v) is 9.06. The highest BCUT2D eigenvalue weighted by Crippen LogP contribution is 2.20. The van der Waals surface area contributed by atoms with Crippen LogP contribution in [0.25, 0.3) is 0 Å². The maximum Gasteiger partial charge on any atom is 0.319 e. The molecule has 0 aliphatic heterocycles. The number of nitrogens with one attached hydrogen (secondary N) is 3. The smallest absolute Gasteiger partial charge is 0.319 e. The lowest BCUT2D eigenvalue weighted by atomic mass is 9.96. The summed E-state index contributed by atoms with van der Waals surface area (Å²) in [5.74, 6) is 0. The van der Waals surface area contributed by atoms with Crippen LogP contribution in [-0.4, -0.2) is 26.5 Å². The Labute approximate surface area is 166 Å². The second kappa shape index (κ2) is 9.07. The molecule has 0 heterocycles. The minimum absolute atomic E-state index is 0.110. The molecule has 2 aromatic rings. The minimum Gasteiger partial charge on any atom is -0.338 e. The second-order valence-electron chi connectivity index (χ2n) is 7.37. The van der Waals surface area contributed by atoms with Gasteiger partial charge in [0, 0.05) is 23.5 Å². The minimum atomic E-state index is -3.72. The van der Waals surface area contributed by atoms with Gasteiger partial charge in [0.05, 0.1) is 4.90 Å². The first-order valence-corrected chi connectivity index (χ1v) is 10.6. The maximum atomic E-state index is 12.6. The van der Waals surface area contributed by atoms with Crippen molar-refractivity contribution in [2.45, 2.75) is 44.0 Å². The van der Waals surface area contributed by atoms with Gasteiger partial charge in [-0.05, 0) is 68.7 Å². The molecule has 0 aliphatic rings. The normalized spacial score (nSPS) is 11.7. The Morgan fingerprint density at radius 1 is 1.00 bits per heavy atom. The van der Waals surface area contributed by atoms with Crippen molar-refractivity contribution in [1.29, 1.82) is 0 Å². The molecule has 0 aliphatic carbocycles. The van der Waals surface area contributed by atoms with E-state index in [-0.39, 0.29) is 16.5 Å². The summed E-state index contributed by atoms with van der Waals surface area (Å²) in [5, 5.41) is 5.34. The van der Waals surface area contributed by atoms with Crippen molar-refractivity contribution in [3.63, 3.8) is 0 Å². The van der Waals surface area contributed by atoms with E-state index < -0.39 is 10.0 Å². The van der Waals surface area contributed by atoms with E-state index >= 15 is 0 Å². The highest BCUT2D eigenvalue weighted by molar-refractivity contribution is 7.92. The first-order valence-electron chi connectivity index (χ1n) is 9.14. The van der Waals surface area contributed by atoms with Crippen LogP contribution in [0, 0.1) is 0 Å². The Hall–Kier alpha value is -2.58. The number of benzene rings is 2. The monoisotopic (exact) mass is 404 g/mol. The van der Waals surface area contributed by atoms with Crippen molar-refractivity contribution < 1.29 is 13.2 Å². The van der Waals surface area contributed by atoms with Crippen molar-refractivity contribution in [2.75, 3.05) is 16.6 Å². The Balaban J connectivity index is 2.03. The number of carbonyl (C=O) groups is 1. The highest BCUT2D eigenvalue weighted by atomic mass is 32.2. The van der Waals surface area contributed by atoms with Gasteiger partial charge < -0.3 is 16.4 Å². The molecule has 0 saturated heterocycles. The van der Waals surface area contributed by atoms with E-state index in [9.17, 15) is 13.2 Å². The molecule has 0 bridgehead atoms. The summed E-state index contributed by atoms with van der Waals surface area (Å²) < 4.78 is 27.7. The first kappa shape index (κ1) is 21.7. The third kappa shape index (κ3) is 6.86. The molecule has 28 heavy (non-hydrogen) atoms. The zero-order chi connectivity index (χ0) is 20.8. The van der Waals surface area contributed by atoms with Crippen molar-refractivity contribution in [1.82, 2.24) is 5.32 Å². The van der Waals surface area contributed by atoms with Crippen molar-refractivity contribution in [2.24, 2.45) is 5.73 Å². The van der Waals surface area contributed by atoms with Gasteiger partial charge in [0.15, 0.2) is 0 Å². The number of urea groups is 1. The van der Waals surface area contributed by atoms with E-state index in [1.807, 2.05) is 32.9 Å². The van der Waals surface area contributed by atoms with E-state index in [0.29, 0.717) is 24.3 Å². The van der Waals surface area contributed by atoms with E-state index in [2.05, 4.69) is 15.4 Å². The molecule has 8 heteroatoms. The number of sulfonamides is 1.